The summed E-state index contributed by atoms with van der Waals surface area (Å²) >= 11 is 0. The van der Waals surface area contributed by atoms with E-state index in [2.05, 4.69) is 9.82 Å². The van der Waals surface area contributed by atoms with Gasteiger partial charge in [-0.05, 0) is 12.8 Å². The Bertz CT molecular complexity index is 365. The monoisotopic (exact) mass is 241 g/mol. The number of nitrogens with two attached hydrogens (primary N) is 1. The fourth-order valence-electron chi connectivity index (χ4n) is 1.96. The Morgan fingerprint density at radius 3 is 2.82 bits per heavy atom. The third kappa shape index (κ3) is 3.28. The molecule has 0 radical (unpaired) electrons. The Hall–Kier alpha value is -1.40. The number of aliphatic hydroxyl groups excluding tert-OH is 1. The molecule has 0 aliphatic carbocycles. The van der Waals surface area contributed by atoms with E-state index in [1.165, 1.54) is 0 Å². The summed E-state index contributed by atoms with van der Waals surface area (Å²) in [4.78, 5) is 19.7. The van der Waals surface area contributed by atoms with Crippen molar-refractivity contribution in [2.45, 2.75) is 19.8 Å². The first-order chi connectivity index (χ1) is 8.13. The van der Waals surface area contributed by atoms with Crippen LogP contribution in [0.25, 0.3) is 0 Å². The van der Waals surface area contributed by atoms with Crippen LogP contribution in [-0.2, 0) is 23.1 Å². The molecule has 96 valence electrons. The molecule has 2 unspecified atom stereocenters. The van der Waals surface area contributed by atoms with Gasteiger partial charge in [0, 0.05) is 31.5 Å². The molecule has 1 aromatic rings. The molecule has 0 amide bonds. The molecule has 6 nitrogen and oxygen atoms in total. The Balaban J connectivity index is 2.76. The van der Waals surface area contributed by atoms with E-state index in [1.807, 2.05) is 18.5 Å². The van der Waals surface area contributed by atoms with E-state index in [0.717, 1.165) is 5.69 Å². The highest BCUT2D eigenvalue weighted by molar-refractivity contribution is 5.72. The number of nitrogens with zero attached hydrogens (tertiary/aromatic N) is 2. The average molecular weight is 241 g/mol. The van der Waals surface area contributed by atoms with Crippen molar-refractivity contribution in [3.8, 4) is 0 Å². The zero-order valence-electron chi connectivity index (χ0n) is 10.2. The lowest BCUT2D eigenvalue weighted by Gasteiger charge is -2.21. The van der Waals surface area contributed by atoms with E-state index in [4.69, 9.17) is 5.90 Å². The summed E-state index contributed by atoms with van der Waals surface area (Å²) in [5.74, 6) is 3.83. The third-order valence-corrected chi connectivity index (χ3v) is 3.05. The summed E-state index contributed by atoms with van der Waals surface area (Å²) in [7, 11) is 1.87. The molecule has 3 N–H and O–H groups in total. The van der Waals surface area contributed by atoms with Crippen molar-refractivity contribution in [1.29, 1.82) is 0 Å². The summed E-state index contributed by atoms with van der Waals surface area (Å²) in [5.41, 5.74) is 0.965. The van der Waals surface area contributed by atoms with Crippen LogP contribution in [0.4, 0.5) is 0 Å². The summed E-state index contributed by atoms with van der Waals surface area (Å²) in [6, 6.07) is 0. The lowest BCUT2D eigenvalue weighted by molar-refractivity contribution is -0.152. The van der Waals surface area contributed by atoms with Crippen LogP contribution in [0.2, 0.25) is 0 Å². The predicted octanol–water partition coefficient (Wildman–Crippen LogP) is 0.0142. The highest BCUT2D eigenvalue weighted by atomic mass is 16.7. The van der Waals surface area contributed by atoms with Crippen molar-refractivity contribution in [2.75, 3.05) is 6.61 Å². The fraction of sp³-hybridized carbons (Fsp3) is 0.636. The van der Waals surface area contributed by atoms with Crippen LogP contribution < -0.4 is 5.90 Å². The second kappa shape index (κ2) is 6.36. The molecule has 0 fully saturated rings. The van der Waals surface area contributed by atoms with Crippen LogP contribution in [0.15, 0.2) is 12.5 Å². The summed E-state index contributed by atoms with van der Waals surface area (Å²) in [6.07, 6.45) is 4.56. The van der Waals surface area contributed by atoms with Gasteiger partial charge in [0.25, 0.3) is 0 Å². The van der Waals surface area contributed by atoms with Gasteiger partial charge in [0.2, 0.25) is 0 Å². The van der Waals surface area contributed by atoms with Gasteiger partial charge in [-0.15, -0.1) is 0 Å². The van der Waals surface area contributed by atoms with Crippen LogP contribution in [0.5, 0.6) is 0 Å². The number of hydrogen-bond donors (Lipinski definition) is 2. The first kappa shape index (κ1) is 13.7. The number of carbonyl (C=O) groups excluding carboxylic acids is 1. The van der Waals surface area contributed by atoms with Gasteiger partial charge in [-0.1, -0.05) is 6.92 Å². The van der Waals surface area contributed by atoms with Crippen molar-refractivity contribution < 1.29 is 14.7 Å². The van der Waals surface area contributed by atoms with E-state index in [-0.39, 0.29) is 18.4 Å². The quantitative estimate of drug-likeness (QED) is 0.685. The van der Waals surface area contributed by atoms with Crippen LogP contribution in [-0.4, -0.2) is 27.2 Å². The van der Waals surface area contributed by atoms with Crippen LogP contribution >= 0.6 is 0 Å². The molecule has 0 aliphatic heterocycles. The average Bonchev–Trinajstić information content (AvgIpc) is 2.74. The Kier molecular flexibility index (Phi) is 5.11. The molecular weight excluding hydrogens is 222 g/mol. The molecule has 0 aliphatic rings. The molecule has 1 aromatic heterocycles. The molecule has 1 rings (SSSR count). The van der Waals surface area contributed by atoms with Crippen LogP contribution in [0.3, 0.4) is 0 Å². The molecule has 0 saturated heterocycles. The first-order valence-corrected chi connectivity index (χ1v) is 5.60. The minimum Gasteiger partial charge on any atom is -0.396 e. The van der Waals surface area contributed by atoms with Crippen molar-refractivity contribution in [3.63, 3.8) is 0 Å². The standard InChI is InChI=1S/C11H19N3O3/c1-3-10(11(16)17-12)8(6-15)4-9-5-13-7-14(9)2/h5,7-8,10,15H,3-4,6,12H2,1-2H3. The zero-order valence-corrected chi connectivity index (χ0v) is 10.2. The lowest BCUT2D eigenvalue weighted by Crippen LogP contribution is -2.31. The maximum atomic E-state index is 11.5. The van der Waals surface area contributed by atoms with Gasteiger partial charge in [0.1, 0.15) is 0 Å². The number of hydrogen-bond acceptors (Lipinski definition) is 5. The minimum absolute atomic E-state index is 0.0845. The fourth-order valence-corrected chi connectivity index (χ4v) is 1.96. The van der Waals surface area contributed by atoms with Crippen molar-refractivity contribution in [3.05, 3.63) is 18.2 Å². The summed E-state index contributed by atoms with van der Waals surface area (Å²) in [5, 5.41) is 9.38. The molecular formula is C11H19N3O3. The van der Waals surface area contributed by atoms with Gasteiger partial charge in [-0.25, -0.2) is 4.98 Å². The first-order valence-electron chi connectivity index (χ1n) is 5.60. The largest absolute Gasteiger partial charge is 0.396 e. The third-order valence-electron chi connectivity index (χ3n) is 3.05. The van der Waals surface area contributed by atoms with Gasteiger partial charge in [-0.3, -0.25) is 4.79 Å². The van der Waals surface area contributed by atoms with Crippen molar-refractivity contribution in [2.24, 2.45) is 24.8 Å². The number of aliphatic hydroxyl groups is 1. The van der Waals surface area contributed by atoms with Gasteiger partial charge in [0.05, 0.1) is 12.2 Å². The molecule has 2 atom stereocenters. The number of rotatable bonds is 6. The molecule has 6 heteroatoms. The van der Waals surface area contributed by atoms with Gasteiger partial charge in [0.15, 0.2) is 0 Å². The van der Waals surface area contributed by atoms with E-state index < -0.39 is 5.97 Å². The van der Waals surface area contributed by atoms with Crippen molar-refractivity contribution in [1.82, 2.24) is 9.55 Å². The maximum absolute atomic E-state index is 11.5. The predicted molar refractivity (Wildman–Crippen MR) is 61.5 cm³/mol. The second-order valence-electron chi connectivity index (χ2n) is 4.09. The van der Waals surface area contributed by atoms with Crippen LogP contribution in [0, 0.1) is 11.8 Å². The molecule has 0 bridgehead atoms. The van der Waals surface area contributed by atoms with E-state index in [0.29, 0.717) is 12.8 Å². The number of imidazole rings is 1. The number of carbonyl (C=O) groups is 1. The van der Waals surface area contributed by atoms with Gasteiger partial charge >= 0.3 is 5.97 Å². The van der Waals surface area contributed by atoms with E-state index in [1.54, 1.807) is 12.5 Å². The van der Waals surface area contributed by atoms with Crippen molar-refractivity contribution >= 4 is 5.97 Å². The highest BCUT2D eigenvalue weighted by Gasteiger charge is 2.28. The normalized spacial score (nSPS) is 14.4. The number of aromatic nitrogens is 2. The van der Waals surface area contributed by atoms with E-state index in [9.17, 15) is 9.90 Å². The molecule has 17 heavy (non-hydrogen) atoms. The Morgan fingerprint density at radius 2 is 2.41 bits per heavy atom. The van der Waals surface area contributed by atoms with Gasteiger partial charge < -0.3 is 14.5 Å². The molecule has 0 aromatic carbocycles. The Morgan fingerprint density at radius 1 is 1.71 bits per heavy atom. The summed E-state index contributed by atoms with van der Waals surface area (Å²) < 4.78 is 1.86. The molecule has 0 spiro atoms. The zero-order chi connectivity index (χ0) is 12.8. The smallest absolute Gasteiger partial charge is 0.327 e. The van der Waals surface area contributed by atoms with E-state index >= 15 is 0 Å². The maximum Gasteiger partial charge on any atom is 0.327 e. The highest BCUT2D eigenvalue weighted by Crippen LogP contribution is 2.21. The van der Waals surface area contributed by atoms with Crippen LogP contribution in [0.1, 0.15) is 19.0 Å². The topological polar surface area (TPSA) is 90.4 Å². The van der Waals surface area contributed by atoms with Gasteiger partial charge in [-0.2, -0.15) is 5.90 Å². The minimum atomic E-state index is -0.478. The number of aryl methyl sites for hydroxylation is 1. The lowest BCUT2D eigenvalue weighted by atomic mass is 9.87. The molecule has 0 saturated carbocycles. The Labute approximate surface area is 100 Å². The summed E-state index contributed by atoms with van der Waals surface area (Å²) in [6.45, 7) is 1.78. The SMILES string of the molecule is CCC(C(=O)ON)C(CO)Cc1cncn1C. The molecule has 1 heterocycles. The second-order valence-corrected chi connectivity index (χ2v) is 4.09.